The topological polar surface area (TPSA) is 57.5 Å². The van der Waals surface area contributed by atoms with Crippen molar-refractivity contribution < 1.29 is 23.8 Å². The van der Waals surface area contributed by atoms with Gasteiger partial charge in [0.15, 0.2) is 6.29 Å². The molecule has 0 aliphatic carbocycles. The van der Waals surface area contributed by atoms with Gasteiger partial charge in [-0.25, -0.2) is 8.78 Å². The first-order valence-corrected chi connectivity index (χ1v) is 8.15. The van der Waals surface area contributed by atoms with E-state index in [0.717, 1.165) is 10.9 Å². The van der Waals surface area contributed by atoms with E-state index in [9.17, 15) is 23.8 Å². The van der Waals surface area contributed by atoms with Gasteiger partial charge in [-0.1, -0.05) is 30.3 Å². The number of hydrogen-bond acceptors (Lipinski definition) is 3. The predicted molar refractivity (Wildman–Crippen MR) is 101 cm³/mol. The Balaban J connectivity index is 0.000000156. The standard InChI is InChI=1S/C11H7FO2.C11H9FO/c12-9-4-3-7-1-2-8(6-13)11(14)10(7)5-9;1-7-2-3-8-4-5-9(12)6-10(8)11(7)13/h1-6,14H;2-6,13H,1H3. The predicted octanol–water partition coefficient (Wildman–Crippen LogP) is 5.49. The van der Waals surface area contributed by atoms with Crippen molar-refractivity contribution in [3.8, 4) is 11.5 Å². The Hall–Kier alpha value is -3.47. The third kappa shape index (κ3) is 3.72. The highest BCUT2D eigenvalue weighted by Gasteiger charge is 2.06. The van der Waals surface area contributed by atoms with Crippen LogP contribution in [0.4, 0.5) is 8.78 Å². The van der Waals surface area contributed by atoms with Crippen LogP contribution in [0.2, 0.25) is 0 Å². The monoisotopic (exact) mass is 366 g/mol. The molecule has 4 aromatic carbocycles. The molecule has 0 bridgehead atoms. The fourth-order valence-electron chi connectivity index (χ4n) is 2.77. The first-order chi connectivity index (χ1) is 12.9. The first kappa shape index (κ1) is 18.3. The largest absolute Gasteiger partial charge is 0.507 e. The number of aromatic hydroxyl groups is 2. The number of aldehydes is 1. The lowest BCUT2D eigenvalue weighted by Crippen LogP contribution is -1.84. The summed E-state index contributed by atoms with van der Waals surface area (Å²) in [5, 5.41) is 21.7. The van der Waals surface area contributed by atoms with E-state index in [1.165, 1.54) is 30.3 Å². The van der Waals surface area contributed by atoms with Crippen LogP contribution in [0.1, 0.15) is 15.9 Å². The smallest absolute Gasteiger partial charge is 0.153 e. The zero-order valence-corrected chi connectivity index (χ0v) is 14.4. The van der Waals surface area contributed by atoms with Gasteiger partial charge in [0.25, 0.3) is 0 Å². The molecule has 4 aromatic rings. The second kappa shape index (κ2) is 7.41. The molecule has 0 amide bonds. The fourth-order valence-corrected chi connectivity index (χ4v) is 2.77. The van der Waals surface area contributed by atoms with Crippen LogP contribution in [-0.4, -0.2) is 16.5 Å². The molecule has 4 rings (SSSR count). The minimum Gasteiger partial charge on any atom is -0.507 e. The van der Waals surface area contributed by atoms with Crippen molar-refractivity contribution in [2.75, 3.05) is 0 Å². The molecule has 0 saturated heterocycles. The zero-order valence-electron chi connectivity index (χ0n) is 14.4. The Morgan fingerprint density at radius 1 is 0.741 bits per heavy atom. The van der Waals surface area contributed by atoms with Crippen LogP contribution in [0.3, 0.4) is 0 Å². The van der Waals surface area contributed by atoms with Gasteiger partial charge in [0, 0.05) is 10.8 Å². The summed E-state index contributed by atoms with van der Waals surface area (Å²) in [6, 6.07) is 15.3. The Morgan fingerprint density at radius 2 is 1.22 bits per heavy atom. The fraction of sp³-hybridized carbons (Fsp3) is 0.0455. The number of rotatable bonds is 1. The van der Waals surface area contributed by atoms with Crippen LogP contribution < -0.4 is 0 Å². The lowest BCUT2D eigenvalue weighted by molar-refractivity contribution is 0.112. The molecule has 0 aliphatic rings. The number of carbonyl (C=O) groups is 1. The summed E-state index contributed by atoms with van der Waals surface area (Å²) in [4.78, 5) is 10.5. The van der Waals surface area contributed by atoms with E-state index in [1.807, 2.05) is 12.1 Å². The second-order valence-corrected chi connectivity index (χ2v) is 6.08. The number of phenols is 2. The average Bonchev–Trinajstić information content (AvgIpc) is 2.66. The minimum absolute atomic E-state index is 0.164. The number of fused-ring (bicyclic) bond motifs is 2. The van der Waals surface area contributed by atoms with Crippen LogP contribution in [0.25, 0.3) is 21.5 Å². The van der Waals surface area contributed by atoms with E-state index < -0.39 is 5.82 Å². The van der Waals surface area contributed by atoms with Crippen molar-refractivity contribution in [2.45, 2.75) is 6.92 Å². The number of benzene rings is 4. The third-order valence-corrected chi connectivity index (χ3v) is 4.27. The van der Waals surface area contributed by atoms with Crippen molar-refractivity contribution in [1.82, 2.24) is 0 Å². The summed E-state index contributed by atoms with van der Waals surface area (Å²) in [6.07, 6.45) is 0.541. The molecule has 0 aliphatic heterocycles. The quantitative estimate of drug-likeness (QED) is 0.438. The van der Waals surface area contributed by atoms with E-state index in [1.54, 1.807) is 25.1 Å². The lowest BCUT2D eigenvalue weighted by Gasteiger charge is -2.03. The third-order valence-electron chi connectivity index (χ3n) is 4.27. The lowest BCUT2D eigenvalue weighted by atomic mass is 10.1. The maximum absolute atomic E-state index is 12.9. The number of aryl methyl sites for hydroxylation is 1. The van der Waals surface area contributed by atoms with E-state index in [-0.39, 0.29) is 22.9 Å². The van der Waals surface area contributed by atoms with Gasteiger partial charge in [-0.05, 0) is 53.6 Å². The van der Waals surface area contributed by atoms with Crippen molar-refractivity contribution in [2.24, 2.45) is 0 Å². The molecule has 27 heavy (non-hydrogen) atoms. The van der Waals surface area contributed by atoms with Crippen LogP contribution in [0.5, 0.6) is 11.5 Å². The van der Waals surface area contributed by atoms with Gasteiger partial charge in [-0.2, -0.15) is 0 Å². The minimum atomic E-state index is -0.434. The van der Waals surface area contributed by atoms with Gasteiger partial charge in [0.05, 0.1) is 5.56 Å². The van der Waals surface area contributed by atoms with Crippen LogP contribution in [0, 0.1) is 18.6 Å². The highest BCUT2D eigenvalue weighted by molar-refractivity contribution is 5.95. The zero-order chi connectivity index (χ0) is 19.6. The van der Waals surface area contributed by atoms with Crippen LogP contribution in [0.15, 0.2) is 60.7 Å². The summed E-state index contributed by atoms with van der Waals surface area (Å²) in [6.45, 7) is 1.79. The Labute approximate surface area is 154 Å². The summed E-state index contributed by atoms with van der Waals surface area (Å²) < 4.78 is 25.7. The summed E-state index contributed by atoms with van der Waals surface area (Å²) in [5.74, 6) is -0.766. The number of phenolic OH excluding ortho intramolecular Hbond substituents is 2. The molecule has 0 atom stereocenters. The first-order valence-electron chi connectivity index (χ1n) is 8.15. The van der Waals surface area contributed by atoms with Crippen molar-refractivity contribution >= 4 is 27.8 Å². The van der Waals surface area contributed by atoms with Gasteiger partial charge < -0.3 is 10.2 Å². The van der Waals surface area contributed by atoms with E-state index in [4.69, 9.17) is 0 Å². The average molecular weight is 366 g/mol. The maximum Gasteiger partial charge on any atom is 0.153 e. The van der Waals surface area contributed by atoms with E-state index in [0.29, 0.717) is 22.4 Å². The molecule has 3 nitrogen and oxygen atoms in total. The van der Waals surface area contributed by atoms with Crippen LogP contribution >= 0.6 is 0 Å². The molecule has 0 spiro atoms. The highest BCUT2D eigenvalue weighted by atomic mass is 19.1. The molecule has 0 fully saturated rings. The SMILES string of the molecule is Cc1ccc2ccc(F)cc2c1O.O=Cc1ccc2ccc(F)cc2c1O. The molecule has 136 valence electrons. The van der Waals surface area contributed by atoms with Crippen molar-refractivity contribution in [1.29, 1.82) is 0 Å². The normalized spacial score (nSPS) is 10.5. The van der Waals surface area contributed by atoms with Gasteiger partial charge in [-0.15, -0.1) is 0 Å². The van der Waals surface area contributed by atoms with Gasteiger partial charge in [0.2, 0.25) is 0 Å². The molecule has 0 unspecified atom stereocenters. The van der Waals surface area contributed by atoms with E-state index in [2.05, 4.69) is 0 Å². The van der Waals surface area contributed by atoms with E-state index >= 15 is 0 Å². The molecule has 0 radical (unpaired) electrons. The van der Waals surface area contributed by atoms with Gasteiger partial charge in [-0.3, -0.25) is 4.79 Å². The molecule has 2 N–H and O–H groups in total. The second-order valence-electron chi connectivity index (χ2n) is 6.08. The molecular formula is C22H16F2O3. The number of hydrogen-bond donors (Lipinski definition) is 2. The summed E-state index contributed by atoms with van der Waals surface area (Å²) in [7, 11) is 0. The summed E-state index contributed by atoms with van der Waals surface area (Å²) >= 11 is 0. The number of halogens is 2. The van der Waals surface area contributed by atoms with Crippen molar-refractivity contribution in [3.63, 3.8) is 0 Å². The van der Waals surface area contributed by atoms with Gasteiger partial charge >= 0.3 is 0 Å². The molecule has 5 heteroatoms. The summed E-state index contributed by atoms with van der Waals surface area (Å²) in [5.41, 5.74) is 0.932. The highest BCUT2D eigenvalue weighted by Crippen LogP contribution is 2.29. The Kier molecular flexibility index (Phi) is 5.03. The molecule has 0 heterocycles. The van der Waals surface area contributed by atoms with Crippen molar-refractivity contribution in [3.05, 3.63) is 83.4 Å². The van der Waals surface area contributed by atoms with Gasteiger partial charge in [0.1, 0.15) is 23.1 Å². The Bertz CT molecular complexity index is 1150. The molecule has 0 saturated carbocycles. The molecular weight excluding hydrogens is 350 g/mol. The Morgan fingerprint density at radius 3 is 1.78 bits per heavy atom. The van der Waals surface area contributed by atoms with Crippen LogP contribution in [-0.2, 0) is 0 Å². The number of carbonyl (C=O) groups excluding carboxylic acids is 1. The maximum atomic E-state index is 12.9. The molecule has 0 aromatic heterocycles.